The average molecular weight is 296 g/mol. The van der Waals surface area contributed by atoms with Crippen LogP contribution in [0.15, 0.2) is 36.4 Å². The first kappa shape index (κ1) is 8.61. The molecule has 2 N–H and O–H groups in total. The number of fused-ring (bicyclic) bond motifs is 1. The van der Waals surface area contributed by atoms with E-state index in [2.05, 4.69) is 5.32 Å². The standard InChI is InChI=1S/C17H23NO3/c1-12(2)18-10-13(19)11-21-17-9-8-16(20-3)14-6-4-5-7-15(14)17/h4-9,12-13,18-19H,10-11H2,1-3H3/i1D3,2D3,12D. The zero-order valence-electron chi connectivity index (χ0n) is 18.7. The summed E-state index contributed by atoms with van der Waals surface area (Å²) in [6.07, 6.45) is -1.23. The number of rotatable bonds is 7. The summed E-state index contributed by atoms with van der Waals surface area (Å²) < 4.78 is 62.9. The van der Waals surface area contributed by atoms with Crippen molar-refractivity contribution < 1.29 is 24.2 Å². The summed E-state index contributed by atoms with van der Waals surface area (Å²) in [5.41, 5.74) is 0. The van der Waals surface area contributed by atoms with E-state index in [1.165, 1.54) is 0 Å². The number of hydrogen-bond donors (Lipinski definition) is 2. The van der Waals surface area contributed by atoms with Crippen molar-refractivity contribution in [2.75, 3.05) is 20.3 Å². The smallest absolute Gasteiger partial charge is 0.127 e. The number of hydrogen-bond acceptors (Lipinski definition) is 4. The molecule has 0 heterocycles. The van der Waals surface area contributed by atoms with Crippen LogP contribution in [0.1, 0.15) is 23.3 Å². The molecule has 0 amide bonds. The first-order chi connectivity index (χ1) is 12.9. The first-order valence-electron chi connectivity index (χ1n) is 10.0. The van der Waals surface area contributed by atoms with Crippen LogP contribution < -0.4 is 14.8 Å². The highest BCUT2D eigenvalue weighted by molar-refractivity contribution is 5.93. The van der Waals surface area contributed by atoms with E-state index in [0.717, 1.165) is 10.8 Å². The normalized spacial score (nSPS) is 19.2. The zero-order valence-corrected chi connectivity index (χ0v) is 11.7. The molecule has 0 saturated carbocycles. The second-order valence-corrected chi connectivity index (χ2v) is 4.53. The number of nitrogens with one attached hydrogen (secondary N) is 1. The molecule has 4 nitrogen and oxygen atoms in total. The van der Waals surface area contributed by atoms with Gasteiger partial charge in [-0.3, -0.25) is 0 Å². The Balaban J connectivity index is 2.07. The Morgan fingerprint density at radius 3 is 2.52 bits per heavy atom. The molecule has 0 aliphatic carbocycles. The minimum Gasteiger partial charge on any atom is -0.496 e. The second-order valence-electron chi connectivity index (χ2n) is 4.53. The maximum Gasteiger partial charge on any atom is 0.127 e. The monoisotopic (exact) mass is 296 g/mol. The molecule has 0 radical (unpaired) electrons. The summed E-state index contributed by atoms with van der Waals surface area (Å²) in [5, 5.41) is 13.9. The zero-order chi connectivity index (χ0) is 21.2. The highest BCUT2D eigenvalue weighted by Gasteiger charge is 2.10. The van der Waals surface area contributed by atoms with Crippen LogP contribution in [-0.2, 0) is 0 Å². The van der Waals surface area contributed by atoms with Crippen LogP contribution in [-0.4, -0.2) is 37.5 Å². The highest BCUT2D eigenvalue weighted by Crippen LogP contribution is 2.32. The third-order valence-electron chi connectivity index (χ3n) is 3.01. The van der Waals surface area contributed by atoms with Crippen LogP contribution in [0.3, 0.4) is 0 Å². The van der Waals surface area contributed by atoms with Gasteiger partial charge in [0.2, 0.25) is 0 Å². The summed E-state index contributed by atoms with van der Waals surface area (Å²) in [4.78, 5) is 0. The van der Waals surface area contributed by atoms with Gasteiger partial charge in [0.1, 0.15) is 24.2 Å². The van der Waals surface area contributed by atoms with Gasteiger partial charge in [-0.1, -0.05) is 38.0 Å². The topological polar surface area (TPSA) is 50.7 Å². The van der Waals surface area contributed by atoms with E-state index < -0.39 is 32.4 Å². The minimum absolute atomic E-state index is 0.221. The fraction of sp³-hybridized carbons (Fsp3) is 0.412. The second kappa shape index (κ2) is 7.29. The fourth-order valence-electron chi connectivity index (χ4n) is 2.01. The third-order valence-corrected chi connectivity index (χ3v) is 3.01. The number of benzene rings is 2. The Bertz CT molecular complexity index is 793. The maximum atomic E-state index is 10.1. The molecule has 0 bridgehead atoms. The Hall–Kier alpha value is -1.78. The highest BCUT2D eigenvalue weighted by atomic mass is 16.5. The number of ether oxygens (including phenoxy) is 2. The van der Waals surface area contributed by atoms with Crippen molar-refractivity contribution in [2.45, 2.75) is 25.8 Å². The molecular formula is C17H23NO3. The van der Waals surface area contributed by atoms with E-state index in [4.69, 9.17) is 19.1 Å². The largest absolute Gasteiger partial charge is 0.496 e. The van der Waals surface area contributed by atoms with E-state index in [0.29, 0.717) is 11.5 Å². The van der Waals surface area contributed by atoms with Gasteiger partial charge in [-0.15, -0.1) is 0 Å². The molecule has 0 aliphatic rings. The van der Waals surface area contributed by atoms with Gasteiger partial charge in [-0.2, -0.15) is 0 Å². The Morgan fingerprint density at radius 2 is 1.86 bits per heavy atom. The minimum atomic E-state index is -3.11. The maximum absolute atomic E-state index is 10.1. The molecule has 0 fully saturated rings. The van der Waals surface area contributed by atoms with Crippen molar-refractivity contribution >= 4 is 10.8 Å². The predicted molar refractivity (Wildman–Crippen MR) is 85.1 cm³/mol. The van der Waals surface area contributed by atoms with Gasteiger partial charge in [0, 0.05) is 32.9 Å². The molecule has 114 valence electrons. The van der Waals surface area contributed by atoms with Crippen LogP contribution in [0, 0.1) is 0 Å². The lowest BCUT2D eigenvalue weighted by Crippen LogP contribution is -2.35. The molecule has 2 aromatic rings. The molecule has 0 spiro atoms. The summed E-state index contributed by atoms with van der Waals surface area (Å²) in [6, 6.07) is 7.88. The Labute approximate surface area is 135 Å². The molecule has 0 aromatic heterocycles. The van der Waals surface area contributed by atoms with Crippen molar-refractivity contribution in [1.82, 2.24) is 5.32 Å². The molecule has 0 saturated heterocycles. The molecule has 2 aromatic carbocycles. The predicted octanol–water partition coefficient (Wildman–Crippen LogP) is 2.59. The van der Waals surface area contributed by atoms with Gasteiger partial charge >= 0.3 is 0 Å². The van der Waals surface area contributed by atoms with Crippen LogP contribution in [0.2, 0.25) is 0 Å². The van der Waals surface area contributed by atoms with E-state index in [1.54, 1.807) is 19.2 Å². The van der Waals surface area contributed by atoms with Crippen molar-refractivity contribution in [3.8, 4) is 11.5 Å². The van der Waals surface area contributed by atoms with Crippen LogP contribution in [0.5, 0.6) is 11.5 Å². The lowest BCUT2D eigenvalue weighted by Gasteiger charge is -2.16. The van der Waals surface area contributed by atoms with Crippen LogP contribution in [0.4, 0.5) is 0 Å². The van der Waals surface area contributed by atoms with Gasteiger partial charge in [-0.25, -0.2) is 0 Å². The number of aliphatic hydroxyl groups excluding tert-OH is 1. The number of aliphatic hydroxyl groups is 1. The third kappa shape index (κ3) is 4.09. The summed E-state index contributed by atoms with van der Waals surface area (Å²) >= 11 is 0. The molecule has 2 rings (SSSR count). The summed E-state index contributed by atoms with van der Waals surface area (Å²) in [6.45, 7) is -6.87. The molecule has 21 heavy (non-hydrogen) atoms. The molecule has 1 atom stereocenters. The van der Waals surface area contributed by atoms with E-state index in [1.807, 2.05) is 24.3 Å². The van der Waals surface area contributed by atoms with Gasteiger partial charge < -0.3 is 19.9 Å². The van der Waals surface area contributed by atoms with Gasteiger partial charge in [0.05, 0.1) is 7.11 Å². The molecule has 1 unspecified atom stereocenters. The van der Waals surface area contributed by atoms with Crippen LogP contribution in [0.25, 0.3) is 10.8 Å². The van der Waals surface area contributed by atoms with Crippen molar-refractivity contribution in [1.29, 1.82) is 0 Å². The van der Waals surface area contributed by atoms with Gasteiger partial charge in [0.25, 0.3) is 0 Å². The quantitative estimate of drug-likeness (QED) is 0.824. The molecule has 0 aliphatic heterocycles. The molecule has 4 heteroatoms. The lowest BCUT2D eigenvalue weighted by molar-refractivity contribution is 0.105. The fourth-order valence-corrected chi connectivity index (χ4v) is 2.01. The lowest BCUT2D eigenvalue weighted by atomic mass is 10.1. The van der Waals surface area contributed by atoms with Crippen molar-refractivity contribution in [3.05, 3.63) is 36.4 Å². The van der Waals surface area contributed by atoms with Gasteiger partial charge in [-0.05, 0) is 12.1 Å². The van der Waals surface area contributed by atoms with E-state index in [-0.39, 0.29) is 6.61 Å². The Morgan fingerprint density at radius 1 is 1.19 bits per heavy atom. The molecular weight excluding hydrogens is 266 g/mol. The summed E-state index contributed by atoms with van der Waals surface area (Å²) in [5.74, 6) is 1.15. The Kier molecular flexibility index (Phi) is 2.99. The van der Waals surface area contributed by atoms with Gasteiger partial charge in [0.15, 0.2) is 0 Å². The number of methoxy groups -OCH3 is 1. The SMILES string of the molecule is [2H]C([2H])([2H])C([2H])(NCC(O)COc1ccc(OC)c2ccccc12)C([2H])([2H])[2H]. The summed E-state index contributed by atoms with van der Waals surface area (Å²) in [7, 11) is 1.56. The van der Waals surface area contributed by atoms with Crippen LogP contribution >= 0.6 is 0 Å². The van der Waals surface area contributed by atoms with Crippen molar-refractivity contribution in [2.24, 2.45) is 0 Å². The van der Waals surface area contributed by atoms with Crippen molar-refractivity contribution in [3.63, 3.8) is 0 Å². The first-order valence-corrected chi connectivity index (χ1v) is 6.52. The van der Waals surface area contributed by atoms with E-state index >= 15 is 0 Å². The van der Waals surface area contributed by atoms with E-state index in [9.17, 15) is 5.11 Å². The average Bonchev–Trinajstić information content (AvgIpc) is 2.62.